The number of rotatable bonds is 4. The van der Waals surface area contributed by atoms with Crippen molar-refractivity contribution >= 4 is 5.78 Å². The predicted molar refractivity (Wildman–Crippen MR) is 70.0 cm³/mol. The first-order chi connectivity index (χ1) is 9.06. The lowest BCUT2D eigenvalue weighted by molar-refractivity contribution is -0.117. The van der Waals surface area contributed by atoms with Gasteiger partial charge in [0.15, 0.2) is 0 Å². The molecule has 0 bridgehead atoms. The monoisotopic (exact) mass is 260 g/mol. The van der Waals surface area contributed by atoms with Gasteiger partial charge in [-0.3, -0.25) is 4.79 Å². The largest absolute Gasteiger partial charge is 0.299 e. The van der Waals surface area contributed by atoms with Gasteiger partial charge in [0.1, 0.15) is 17.4 Å². The smallest absolute Gasteiger partial charge is 0.141 e. The summed E-state index contributed by atoms with van der Waals surface area (Å²) in [6.45, 7) is 1.82. The molecule has 0 spiro atoms. The Labute approximate surface area is 110 Å². The second kappa shape index (κ2) is 5.74. The van der Waals surface area contributed by atoms with Gasteiger partial charge in [-0.2, -0.15) is 0 Å². The number of carbonyl (C=O) groups is 1. The Morgan fingerprint density at radius 1 is 1.00 bits per heavy atom. The fraction of sp³-hybridized carbons (Fsp3) is 0.188. The average molecular weight is 260 g/mol. The zero-order valence-electron chi connectivity index (χ0n) is 10.6. The molecule has 0 radical (unpaired) electrons. The van der Waals surface area contributed by atoms with Gasteiger partial charge in [-0.15, -0.1) is 0 Å². The molecule has 0 fully saturated rings. The van der Waals surface area contributed by atoms with Crippen LogP contribution in [0.2, 0.25) is 0 Å². The van der Waals surface area contributed by atoms with Crippen LogP contribution in [-0.2, 0) is 17.6 Å². The average Bonchev–Trinajstić information content (AvgIpc) is 2.37. The molecule has 0 aromatic heterocycles. The summed E-state index contributed by atoms with van der Waals surface area (Å²) in [6, 6.07) is 10.6. The quantitative estimate of drug-likeness (QED) is 0.820. The van der Waals surface area contributed by atoms with E-state index >= 15 is 0 Å². The summed E-state index contributed by atoms with van der Waals surface area (Å²) in [6.07, 6.45) is 0.153. The van der Waals surface area contributed by atoms with E-state index in [9.17, 15) is 13.6 Å². The first-order valence-corrected chi connectivity index (χ1v) is 6.06. The van der Waals surface area contributed by atoms with Crippen molar-refractivity contribution < 1.29 is 13.6 Å². The van der Waals surface area contributed by atoms with E-state index in [0.717, 1.165) is 5.56 Å². The van der Waals surface area contributed by atoms with Gasteiger partial charge < -0.3 is 0 Å². The van der Waals surface area contributed by atoms with Gasteiger partial charge in [0.05, 0.1) is 0 Å². The van der Waals surface area contributed by atoms with E-state index in [1.54, 1.807) is 24.3 Å². The van der Waals surface area contributed by atoms with E-state index in [1.807, 2.05) is 6.92 Å². The van der Waals surface area contributed by atoms with Crippen molar-refractivity contribution in [3.63, 3.8) is 0 Å². The minimum Gasteiger partial charge on any atom is -0.299 e. The molecule has 2 aromatic rings. The molecule has 0 N–H and O–H groups in total. The molecule has 98 valence electrons. The fourth-order valence-corrected chi connectivity index (χ4v) is 1.96. The van der Waals surface area contributed by atoms with E-state index in [4.69, 9.17) is 0 Å². The second-order valence-corrected chi connectivity index (χ2v) is 4.55. The Balaban J connectivity index is 2.10. The normalized spacial score (nSPS) is 10.5. The van der Waals surface area contributed by atoms with Crippen LogP contribution in [0.1, 0.15) is 16.7 Å². The van der Waals surface area contributed by atoms with Crippen molar-refractivity contribution in [1.29, 1.82) is 0 Å². The zero-order valence-corrected chi connectivity index (χ0v) is 10.6. The molecular weight excluding hydrogens is 246 g/mol. The number of ketones is 1. The summed E-state index contributed by atoms with van der Waals surface area (Å²) >= 11 is 0. The van der Waals surface area contributed by atoms with Crippen LogP contribution in [0.4, 0.5) is 8.78 Å². The third-order valence-corrected chi connectivity index (χ3v) is 3.04. The minimum absolute atomic E-state index is 0.0304. The van der Waals surface area contributed by atoms with Crippen LogP contribution >= 0.6 is 0 Å². The van der Waals surface area contributed by atoms with Crippen LogP contribution in [0.5, 0.6) is 0 Å². The number of benzene rings is 2. The van der Waals surface area contributed by atoms with Crippen molar-refractivity contribution in [2.75, 3.05) is 0 Å². The van der Waals surface area contributed by atoms with Gasteiger partial charge in [-0.05, 0) is 41.8 Å². The van der Waals surface area contributed by atoms with Crippen LogP contribution in [0.25, 0.3) is 0 Å². The Hall–Kier alpha value is -2.03. The van der Waals surface area contributed by atoms with Gasteiger partial charge in [0, 0.05) is 12.8 Å². The Bertz CT molecular complexity index is 605. The van der Waals surface area contributed by atoms with Gasteiger partial charge in [0.2, 0.25) is 0 Å². The third-order valence-electron chi connectivity index (χ3n) is 3.04. The predicted octanol–water partition coefficient (Wildman–Crippen LogP) is 3.63. The minimum atomic E-state index is -0.383. The van der Waals surface area contributed by atoms with Crippen molar-refractivity contribution in [3.05, 3.63) is 70.8 Å². The van der Waals surface area contributed by atoms with Gasteiger partial charge in [0.25, 0.3) is 0 Å². The molecule has 0 aliphatic carbocycles. The van der Waals surface area contributed by atoms with E-state index in [1.165, 1.54) is 18.2 Å². The topological polar surface area (TPSA) is 17.1 Å². The zero-order chi connectivity index (χ0) is 13.8. The molecule has 0 amide bonds. The summed E-state index contributed by atoms with van der Waals surface area (Å²) < 4.78 is 26.5. The molecule has 2 aromatic carbocycles. The van der Waals surface area contributed by atoms with Crippen molar-refractivity contribution in [1.82, 2.24) is 0 Å². The van der Waals surface area contributed by atoms with Crippen molar-refractivity contribution in [2.45, 2.75) is 19.8 Å². The van der Waals surface area contributed by atoms with E-state index in [2.05, 4.69) is 0 Å². The Morgan fingerprint density at radius 2 is 1.68 bits per heavy atom. The number of carbonyl (C=O) groups excluding carboxylic acids is 1. The molecule has 0 heterocycles. The van der Waals surface area contributed by atoms with Crippen molar-refractivity contribution in [3.8, 4) is 0 Å². The second-order valence-electron chi connectivity index (χ2n) is 4.55. The highest BCUT2D eigenvalue weighted by Crippen LogP contribution is 2.14. The Kier molecular flexibility index (Phi) is 4.05. The summed E-state index contributed by atoms with van der Waals surface area (Å²) in [7, 11) is 0. The Morgan fingerprint density at radius 3 is 2.42 bits per heavy atom. The summed E-state index contributed by atoms with van der Waals surface area (Å²) in [5.74, 6) is -0.870. The first kappa shape index (κ1) is 13.4. The molecule has 0 aliphatic heterocycles. The number of Topliss-reactive ketones (excluding diaryl/α,β-unsaturated/α-hetero) is 1. The van der Waals surface area contributed by atoms with Crippen LogP contribution in [0, 0.1) is 18.6 Å². The fourth-order valence-electron chi connectivity index (χ4n) is 1.96. The van der Waals surface area contributed by atoms with Gasteiger partial charge >= 0.3 is 0 Å². The summed E-state index contributed by atoms with van der Waals surface area (Å²) in [5.41, 5.74) is 1.89. The molecule has 19 heavy (non-hydrogen) atoms. The number of hydrogen-bond acceptors (Lipinski definition) is 1. The molecule has 0 saturated carbocycles. The van der Waals surface area contributed by atoms with Crippen molar-refractivity contribution in [2.24, 2.45) is 0 Å². The maximum atomic E-state index is 13.4. The maximum absolute atomic E-state index is 13.4. The van der Waals surface area contributed by atoms with Crippen LogP contribution in [0.15, 0.2) is 42.5 Å². The maximum Gasteiger partial charge on any atom is 0.141 e. The van der Waals surface area contributed by atoms with E-state index in [0.29, 0.717) is 11.1 Å². The molecule has 1 nitrogen and oxygen atoms in total. The summed E-state index contributed by atoms with van der Waals surface area (Å²) in [4.78, 5) is 11.9. The lowest BCUT2D eigenvalue weighted by atomic mass is 9.99. The van der Waals surface area contributed by atoms with E-state index < -0.39 is 0 Å². The lowest BCUT2D eigenvalue weighted by Crippen LogP contribution is -2.09. The van der Waals surface area contributed by atoms with Crippen LogP contribution < -0.4 is 0 Å². The van der Waals surface area contributed by atoms with E-state index in [-0.39, 0.29) is 30.3 Å². The first-order valence-electron chi connectivity index (χ1n) is 6.06. The van der Waals surface area contributed by atoms with Crippen LogP contribution in [0.3, 0.4) is 0 Å². The number of hydrogen-bond donors (Lipinski definition) is 0. The molecule has 0 aliphatic rings. The standard InChI is InChI=1S/C16H14F2O/c1-11-6-7-14(17)8-13(11)10-15(19)9-12-4-2-3-5-16(12)18/h2-8H,9-10H2,1H3. The highest BCUT2D eigenvalue weighted by Gasteiger charge is 2.10. The SMILES string of the molecule is Cc1ccc(F)cc1CC(=O)Cc1ccccc1F. The molecule has 0 atom stereocenters. The molecule has 0 unspecified atom stereocenters. The summed E-state index contributed by atoms with van der Waals surface area (Å²) in [5, 5.41) is 0. The highest BCUT2D eigenvalue weighted by atomic mass is 19.1. The molecule has 3 heteroatoms. The molecular formula is C16H14F2O. The highest BCUT2D eigenvalue weighted by molar-refractivity contribution is 5.83. The molecule has 0 saturated heterocycles. The van der Waals surface area contributed by atoms with Crippen LogP contribution in [-0.4, -0.2) is 5.78 Å². The lowest BCUT2D eigenvalue weighted by Gasteiger charge is -2.06. The van der Waals surface area contributed by atoms with Gasteiger partial charge in [-0.25, -0.2) is 8.78 Å². The molecule has 2 rings (SSSR count). The number of halogens is 2. The van der Waals surface area contributed by atoms with Gasteiger partial charge in [-0.1, -0.05) is 24.3 Å². The number of aryl methyl sites for hydroxylation is 1. The third kappa shape index (κ3) is 3.47.